The summed E-state index contributed by atoms with van der Waals surface area (Å²) < 4.78 is 29.2. The van der Waals surface area contributed by atoms with Gasteiger partial charge in [0.05, 0.1) is 5.88 Å². The molecule has 0 spiro atoms. The standard InChI is InChI=1S/C14H17ClN2O2S2/c1-16-9-14(6-13(16)7-15)21(18,19)17(12-2-3-12)8-11-4-5-20-10-11/h4-6,9-10,12H,2-3,7-8H2,1H3. The summed E-state index contributed by atoms with van der Waals surface area (Å²) in [5, 5.41) is 3.97. The monoisotopic (exact) mass is 344 g/mol. The Morgan fingerprint density at radius 1 is 1.48 bits per heavy atom. The van der Waals surface area contributed by atoms with E-state index in [1.54, 1.807) is 32.5 Å². The molecule has 2 aromatic heterocycles. The molecule has 2 heterocycles. The maximum atomic E-state index is 12.9. The van der Waals surface area contributed by atoms with Gasteiger partial charge in [-0.25, -0.2) is 8.42 Å². The van der Waals surface area contributed by atoms with Gasteiger partial charge in [-0.05, 0) is 41.3 Å². The fourth-order valence-corrected chi connectivity index (χ4v) is 5.02. The van der Waals surface area contributed by atoms with Gasteiger partial charge in [0.2, 0.25) is 10.0 Å². The molecule has 0 saturated heterocycles. The summed E-state index contributed by atoms with van der Waals surface area (Å²) in [6.07, 6.45) is 3.53. The van der Waals surface area contributed by atoms with Crippen molar-refractivity contribution in [1.29, 1.82) is 0 Å². The summed E-state index contributed by atoms with van der Waals surface area (Å²) in [6.45, 7) is 0.446. The highest BCUT2D eigenvalue weighted by molar-refractivity contribution is 7.89. The van der Waals surface area contributed by atoms with Gasteiger partial charge in [-0.2, -0.15) is 15.6 Å². The van der Waals surface area contributed by atoms with Crippen LogP contribution in [0.2, 0.25) is 0 Å². The first kappa shape index (κ1) is 15.1. The van der Waals surface area contributed by atoms with Crippen LogP contribution in [0.3, 0.4) is 0 Å². The van der Waals surface area contributed by atoms with Crippen molar-refractivity contribution in [3.8, 4) is 0 Å². The fraction of sp³-hybridized carbons (Fsp3) is 0.429. The van der Waals surface area contributed by atoms with E-state index in [9.17, 15) is 8.42 Å². The highest BCUT2D eigenvalue weighted by Crippen LogP contribution is 2.34. The Hall–Kier alpha value is -0.820. The lowest BCUT2D eigenvalue weighted by Gasteiger charge is -2.20. The van der Waals surface area contributed by atoms with E-state index in [0.717, 1.165) is 24.1 Å². The summed E-state index contributed by atoms with van der Waals surface area (Å²) in [4.78, 5) is 0.336. The van der Waals surface area contributed by atoms with E-state index in [-0.39, 0.29) is 6.04 Å². The highest BCUT2D eigenvalue weighted by Gasteiger charge is 2.38. The first-order valence-corrected chi connectivity index (χ1v) is 9.68. The van der Waals surface area contributed by atoms with E-state index in [4.69, 9.17) is 11.6 Å². The number of hydrogen-bond donors (Lipinski definition) is 0. The lowest BCUT2D eigenvalue weighted by Crippen LogP contribution is -2.32. The zero-order chi connectivity index (χ0) is 15.0. The van der Waals surface area contributed by atoms with Gasteiger partial charge < -0.3 is 4.57 Å². The molecule has 7 heteroatoms. The van der Waals surface area contributed by atoms with Crippen LogP contribution < -0.4 is 0 Å². The number of aryl methyl sites for hydroxylation is 1. The maximum Gasteiger partial charge on any atom is 0.245 e. The van der Waals surface area contributed by atoms with Crippen molar-refractivity contribution in [3.05, 3.63) is 40.3 Å². The van der Waals surface area contributed by atoms with E-state index in [1.807, 2.05) is 23.9 Å². The van der Waals surface area contributed by atoms with Crippen molar-refractivity contribution in [2.45, 2.75) is 36.2 Å². The molecule has 0 atom stereocenters. The van der Waals surface area contributed by atoms with E-state index >= 15 is 0 Å². The topological polar surface area (TPSA) is 42.3 Å². The Balaban J connectivity index is 1.93. The number of sulfonamides is 1. The first-order valence-electron chi connectivity index (χ1n) is 6.76. The lowest BCUT2D eigenvalue weighted by atomic mass is 10.3. The number of rotatable bonds is 6. The second-order valence-electron chi connectivity index (χ2n) is 5.32. The van der Waals surface area contributed by atoms with Crippen LogP contribution in [0.25, 0.3) is 0 Å². The Morgan fingerprint density at radius 3 is 2.76 bits per heavy atom. The average Bonchev–Trinajstić information content (AvgIpc) is 3.00. The molecule has 114 valence electrons. The number of alkyl halides is 1. The third-order valence-electron chi connectivity index (χ3n) is 3.70. The van der Waals surface area contributed by atoms with Crippen molar-refractivity contribution in [3.63, 3.8) is 0 Å². The van der Waals surface area contributed by atoms with Gasteiger partial charge in [-0.1, -0.05) is 0 Å². The number of nitrogens with zero attached hydrogens (tertiary/aromatic N) is 2. The van der Waals surface area contributed by atoms with Gasteiger partial charge in [0.15, 0.2) is 0 Å². The minimum absolute atomic E-state index is 0.134. The van der Waals surface area contributed by atoms with Gasteiger partial charge in [0, 0.05) is 31.5 Å². The molecular weight excluding hydrogens is 328 g/mol. The Morgan fingerprint density at radius 2 is 2.24 bits per heavy atom. The smallest absolute Gasteiger partial charge is 0.245 e. The Labute approximate surface area is 134 Å². The summed E-state index contributed by atoms with van der Waals surface area (Å²) in [6, 6.07) is 3.78. The quantitative estimate of drug-likeness (QED) is 0.755. The van der Waals surface area contributed by atoms with Crippen molar-refractivity contribution in [2.75, 3.05) is 0 Å². The van der Waals surface area contributed by atoms with E-state index < -0.39 is 10.0 Å². The molecule has 1 fully saturated rings. The molecule has 3 rings (SSSR count). The van der Waals surface area contributed by atoms with Crippen LogP contribution in [-0.2, 0) is 29.5 Å². The molecule has 21 heavy (non-hydrogen) atoms. The molecule has 0 aromatic carbocycles. The third-order valence-corrected chi connectivity index (χ3v) is 6.57. The molecule has 0 radical (unpaired) electrons. The highest BCUT2D eigenvalue weighted by atomic mass is 35.5. The zero-order valence-corrected chi connectivity index (χ0v) is 14.1. The van der Waals surface area contributed by atoms with Crippen molar-refractivity contribution >= 4 is 33.0 Å². The van der Waals surface area contributed by atoms with Crippen LogP contribution in [0.5, 0.6) is 0 Å². The normalized spacial score (nSPS) is 15.8. The van der Waals surface area contributed by atoms with Crippen molar-refractivity contribution in [1.82, 2.24) is 8.87 Å². The van der Waals surface area contributed by atoms with Gasteiger partial charge in [-0.3, -0.25) is 0 Å². The van der Waals surface area contributed by atoms with Gasteiger partial charge in [0.25, 0.3) is 0 Å². The van der Waals surface area contributed by atoms with Crippen LogP contribution in [0.1, 0.15) is 24.1 Å². The fourth-order valence-electron chi connectivity index (χ4n) is 2.32. The SMILES string of the molecule is Cn1cc(S(=O)(=O)N(Cc2ccsc2)C2CC2)cc1CCl. The largest absolute Gasteiger partial charge is 0.352 e. The zero-order valence-electron chi connectivity index (χ0n) is 11.7. The summed E-state index contributed by atoms with van der Waals surface area (Å²) in [5.41, 5.74) is 1.85. The average molecular weight is 345 g/mol. The Kier molecular flexibility index (Phi) is 4.14. The first-order chi connectivity index (χ1) is 10.0. The molecular formula is C14H17ClN2O2S2. The van der Waals surface area contributed by atoms with Crippen LogP contribution in [-0.4, -0.2) is 23.3 Å². The predicted molar refractivity (Wildman–Crippen MR) is 85.0 cm³/mol. The third kappa shape index (κ3) is 3.04. The summed E-state index contributed by atoms with van der Waals surface area (Å²) in [7, 11) is -1.65. The molecule has 0 unspecified atom stereocenters. The molecule has 0 bridgehead atoms. The van der Waals surface area contributed by atoms with E-state index in [2.05, 4.69) is 0 Å². The molecule has 4 nitrogen and oxygen atoms in total. The summed E-state index contributed by atoms with van der Waals surface area (Å²) >= 11 is 7.42. The van der Waals surface area contributed by atoms with Gasteiger partial charge >= 0.3 is 0 Å². The Bertz CT molecular complexity index is 718. The van der Waals surface area contributed by atoms with E-state index in [1.165, 1.54) is 0 Å². The van der Waals surface area contributed by atoms with Crippen molar-refractivity contribution in [2.24, 2.45) is 7.05 Å². The number of halogens is 1. The number of hydrogen-bond acceptors (Lipinski definition) is 3. The van der Waals surface area contributed by atoms with Crippen molar-refractivity contribution < 1.29 is 8.42 Å². The predicted octanol–water partition coefficient (Wildman–Crippen LogP) is 3.18. The van der Waals surface area contributed by atoms with Crippen LogP contribution in [0.4, 0.5) is 0 Å². The number of thiophene rings is 1. The van der Waals surface area contributed by atoms with Gasteiger partial charge in [-0.15, -0.1) is 11.6 Å². The molecule has 0 N–H and O–H groups in total. The lowest BCUT2D eigenvalue weighted by molar-refractivity contribution is 0.399. The molecule has 1 aliphatic rings. The van der Waals surface area contributed by atoms with Gasteiger partial charge in [0.1, 0.15) is 4.90 Å². The molecule has 1 saturated carbocycles. The molecule has 2 aromatic rings. The second kappa shape index (κ2) is 5.76. The minimum atomic E-state index is -3.47. The number of aromatic nitrogens is 1. The minimum Gasteiger partial charge on any atom is -0.352 e. The molecule has 0 amide bonds. The van der Waals surface area contributed by atoms with Crippen LogP contribution >= 0.6 is 22.9 Å². The van der Waals surface area contributed by atoms with Crippen LogP contribution in [0.15, 0.2) is 34.0 Å². The summed E-state index contributed by atoms with van der Waals surface area (Å²) in [5.74, 6) is 0.306. The van der Waals surface area contributed by atoms with Crippen LogP contribution in [0, 0.1) is 0 Å². The molecule has 1 aliphatic carbocycles. The van der Waals surface area contributed by atoms with E-state index in [0.29, 0.717) is 17.3 Å². The molecule has 0 aliphatic heterocycles. The maximum absolute atomic E-state index is 12.9. The second-order valence-corrected chi connectivity index (χ2v) is 8.26.